The molecule has 0 aliphatic carbocycles. The van der Waals surface area contributed by atoms with Gasteiger partial charge in [-0.2, -0.15) is 0 Å². The molecule has 0 radical (unpaired) electrons. The minimum atomic E-state index is -0.665. The molecule has 0 N–H and O–H groups in total. The standard InChI is InChI=1S/C12H13ClN2O5/c1-19-9(16)6-15(7-10(17)20-2)12(18)8-4-3-5-14-11(8)13/h3-5H,6-7H2,1-2H3. The first-order valence-electron chi connectivity index (χ1n) is 5.53. The minimum Gasteiger partial charge on any atom is -0.468 e. The van der Waals surface area contributed by atoms with Gasteiger partial charge in [-0.05, 0) is 12.1 Å². The van der Waals surface area contributed by atoms with Gasteiger partial charge in [0.15, 0.2) is 0 Å². The van der Waals surface area contributed by atoms with E-state index in [0.29, 0.717) is 0 Å². The highest BCUT2D eigenvalue weighted by molar-refractivity contribution is 6.32. The average molecular weight is 301 g/mol. The predicted molar refractivity (Wildman–Crippen MR) is 69.2 cm³/mol. The fourth-order valence-corrected chi connectivity index (χ4v) is 1.56. The highest BCUT2D eigenvalue weighted by atomic mass is 35.5. The molecule has 1 aromatic rings. The molecule has 8 heteroatoms. The number of carbonyl (C=O) groups excluding carboxylic acids is 3. The Labute approximate surface area is 120 Å². The molecule has 108 valence electrons. The van der Waals surface area contributed by atoms with E-state index < -0.39 is 30.9 Å². The van der Waals surface area contributed by atoms with Crippen LogP contribution in [0.25, 0.3) is 0 Å². The van der Waals surface area contributed by atoms with Gasteiger partial charge < -0.3 is 14.4 Å². The largest absolute Gasteiger partial charge is 0.468 e. The first-order valence-corrected chi connectivity index (χ1v) is 5.90. The van der Waals surface area contributed by atoms with Crippen LogP contribution in [-0.2, 0) is 19.1 Å². The molecule has 0 saturated carbocycles. The summed E-state index contributed by atoms with van der Waals surface area (Å²) < 4.78 is 8.96. The number of hydrogen-bond acceptors (Lipinski definition) is 6. The number of pyridine rings is 1. The van der Waals surface area contributed by atoms with Gasteiger partial charge in [0.1, 0.15) is 18.2 Å². The Hall–Kier alpha value is -2.15. The van der Waals surface area contributed by atoms with Crippen LogP contribution in [0.2, 0.25) is 5.15 Å². The third-order valence-electron chi connectivity index (χ3n) is 2.37. The van der Waals surface area contributed by atoms with Crippen LogP contribution in [0.3, 0.4) is 0 Å². The Morgan fingerprint density at radius 2 is 1.75 bits per heavy atom. The number of aromatic nitrogens is 1. The van der Waals surface area contributed by atoms with Crippen molar-refractivity contribution in [2.45, 2.75) is 0 Å². The van der Waals surface area contributed by atoms with Crippen molar-refractivity contribution in [3.8, 4) is 0 Å². The van der Waals surface area contributed by atoms with Crippen LogP contribution in [0.15, 0.2) is 18.3 Å². The lowest BCUT2D eigenvalue weighted by molar-refractivity contribution is -0.144. The summed E-state index contributed by atoms with van der Waals surface area (Å²) >= 11 is 5.81. The van der Waals surface area contributed by atoms with Crippen molar-refractivity contribution in [2.24, 2.45) is 0 Å². The molecule has 0 unspecified atom stereocenters. The summed E-state index contributed by atoms with van der Waals surface area (Å²) in [6, 6.07) is 2.97. The number of ether oxygens (including phenoxy) is 2. The molecular weight excluding hydrogens is 288 g/mol. The molecule has 0 bridgehead atoms. The van der Waals surface area contributed by atoms with Crippen molar-refractivity contribution < 1.29 is 23.9 Å². The van der Waals surface area contributed by atoms with Crippen molar-refractivity contribution in [1.82, 2.24) is 9.88 Å². The van der Waals surface area contributed by atoms with E-state index in [-0.39, 0.29) is 10.7 Å². The van der Waals surface area contributed by atoms with Crippen molar-refractivity contribution in [3.05, 3.63) is 29.0 Å². The summed E-state index contributed by atoms with van der Waals surface area (Å²) in [5.41, 5.74) is 0.0852. The summed E-state index contributed by atoms with van der Waals surface area (Å²) in [6.45, 7) is -0.786. The quantitative estimate of drug-likeness (QED) is 0.582. The van der Waals surface area contributed by atoms with Crippen LogP contribution >= 0.6 is 11.6 Å². The SMILES string of the molecule is COC(=O)CN(CC(=O)OC)C(=O)c1cccnc1Cl. The highest BCUT2D eigenvalue weighted by Gasteiger charge is 2.24. The van der Waals surface area contributed by atoms with Gasteiger partial charge in [-0.25, -0.2) is 4.98 Å². The van der Waals surface area contributed by atoms with E-state index >= 15 is 0 Å². The van der Waals surface area contributed by atoms with Gasteiger partial charge in [0.05, 0.1) is 19.8 Å². The summed E-state index contributed by atoms with van der Waals surface area (Å²) in [7, 11) is 2.36. The summed E-state index contributed by atoms with van der Waals surface area (Å²) in [4.78, 5) is 39.6. The maximum atomic E-state index is 12.3. The first kappa shape index (κ1) is 15.9. The molecule has 0 aliphatic heterocycles. The molecule has 20 heavy (non-hydrogen) atoms. The molecule has 1 rings (SSSR count). The fourth-order valence-electron chi connectivity index (χ4n) is 1.36. The zero-order valence-electron chi connectivity index (χ0n) is 11.0. The Bertz CT molecular complexity index is 502. The first-order chi connectivity index (χ1) is 9.49. The Kier molecular flexibility index (Phi) is 5.92. The van der Waals surface area contributed by atoms with Crippen LogP contribution in [0.4, 0.5) is 0 Å². The van der Waals surface area contributed by atoms with E-state index in [9.17, 15) is 14.4 Å². The molecule has 1 aromatic heterocycles. The van der Waals surface area contributed by atoms with Crippen molar-refractivity contribution >= 4 is 29.4 Å². The third kappa shape index (κ3) is 4.20. The van der Waals surface area contributed by atoms with Crippen LogP contribution in [0.1, 0.15) is 10.4 Å². The van der Waals surface area contributed by atoms with Crippen LogP contribution in [0.5, 0.6) is 0 Å². The maximum absolute atomic E-state index is 12.3. The van der Waals surface area contributed by atoms with Gasteiger partial charge in [-0.1, -0.05) is 11.6 Å². The van der Waals surface area contributed by atoms with E-state index in [4.69, 9.17) is 11.6 Å². The second kappa shape index (κ2) is 7.44. The van der Waals surface area contributed by atoms with Gasteiger partial charge in [-0.15, -0.1) is 0 Å². The summed E-state index contributed by atoms with van der Waals surface area (Å²) in [5.74, 6) is -1.94. The topological polar surface area (TPSA) is 85.8 Å². The smallest absolute Gasteiger partial charge is 0.325 e. The monoisotopic (exact) mass is 300 g/mol. The number of nitrogens with zero attached hydrogens (tertiary/aromatic N) is 2. The molecule has 0 saturated heterocycles. The summed E-state index contributed by atoms with van der Waals surface area (Å²) in [6.07, 6.45) is 1.42. The molecule has 0 atom stereocenters. The number of carbonyl (C=O) groups is 3. The highest BCUT2D eigenvalue weighted by Crippen LogP contribution is 2.14. The zero-order chi connectivity index (χ0) is 15.1. The van der Waals surface area contributed by atoms with Crippen molar-refractivity contribution in [2.75, 3.05) is 27.3 Å². The second-order valence-electron chi connectivity index (χ2n) is 3.66. The van der Waals surface area contributed by atoms with Crippen LogP contribution < -0.4 is 0 Å². The third-order valence-corrected chi connectivity index (χ3v) is 2.67. The van der Waals surface area contributed by atoms with Crippen LogP contribution in [-0.4, -0.2) is 55.0 Å². The Morgan fingerprint density at radius 1 is 1.20 bits per heavy atom. The Morgan fingerprint density at radius 3 is 2.20 bits per heavy atom. The molecule has 0 fully saturated rings. The van der Waals surface area contributed by atoms with E-state index in [1.54, 1.807) is 0 Å². The number of amides is 1. The van der Waals surface area contributed by atoms with Gasteiger partial charge in [0.25, 0.3) is 5.91 Å². The van der Waals surface area contributed by atoms with Gasteiger partial charge in [0.2, 0.25) is 0 Å². The normalized spacial score (nSPS) is 9.75. The minimum absolute atomic E-state index is 0.0165. The van der Waals surface area contributed by atoms with E-state index in [1.165, 1.54) is 32.5 Å². The predicted octanol–water partition coefficient (Wildman–Crippen LogP) is 0.523. The van der Waals surface area contributed by atoms with Crippen LogP contribution in [0, 0.1) is 0 Å². The second-order valence-corrected chi connectivity index (χ2v) is 4.01. The molecule has 0 spiro atoms. The lowest BCUT2D eigenvalue weighted by Gasteiger charge is -2.20. The lowest BCUT2D eigenvalue weighted by Crippen LogP contribution is -2.40. The molecule has 7 nitrogen and oxygen atoms in total. The van der Waals surface area contributed by atoms with E-state index in [0.717, 1.165) is 4.90 Å². The molecule has 0 aromatic carbocycles. The number of rotatable bonds is 5. The van der Waals surface area contributed by atoms with Gasteiger partial charge in [0, 0.05) is 6.20 Å². The number of halogens is 1. The number of hydrogen-bond donors (Lipinski definition) is 0. The fraction of sp³-hybridized carbons (Fsp3) is 0.333. The molecule has 1 heterocycles. The van der Waals surface area contributed by atoms with E-state index in [2.05, 4.69) is 14.5 Å². The number of methoxy groups -OCH3 is 2. The van der Waals surface area contributed by atoms with Gasteiger partial charge >= 0.3 is 11.9 Å². The average Bonchev–Trinajstić information content (AvgIpc) is 2.45. The van der Waals surface area contributed by atoms with Crippen molar-refractivity contribution in [3.63, 3.8) is 0 Å². The lowest BCUT2D eigenvalue weighted by atomic mass is 10.2. The zero-order valence-corrected chi connectivity index (χ0v) is 11.7. The molecule has 1 amide bonds. The Balaban J connectivity index is 2.97. The summed E-state index contributed by atoms with van der Waals surface area (Å²) in [5, 5.41) is -0.0165. The molecular formula is C12H13ClN2O5. The van der Waals surface area contributed by atoms with Gasteiger partial charge in [-0.3, -0.25) is 14.4 Å². The van der Waals surface area contributed by atoms with E-state index in [1.807, 2.05) is 0 Å². The number of esters is 2. The maximum Gasteiger partial charge on any atom is 0.325 e. The molecule has 0 aliphatic rings. The van der Waals surface area contributed by atoms with Crippen molar-refractivity contribution in [1.29, 1.82) is 0 Å².